The van der Waals surface area contributed by atoms with E-state index in [1.54, 1.807) is 11.0 Å². The quantitative estimate of drug-likeness (QED) is 0.629. The molecule has 5 nitrogen and oxygen atoms in total. The van der Waals surface area contributed by atoms with E-state index in [9.17, 15) is 9.59 Å². The van der Waals surface area contributed by atoms with Gasteiger partial charge in [-0.2, -0.15) is 0 Å². The minimum Gasteiger partial charge on any atom is -0.428 e. The van der Waals surface area contributed by atoms with E-state index < -0.39 is 0 Å². The number of amides is 1. The van der Waals surface area contributed by atoms with Crippen molar-refractivity contribution in [2.75, 3.05) is 11.4 Å². The van der Waals surface area contributed by atoms with E-state index in [1.165, 1.54) is 0 Å². The lowest BCUT2D eigenvalue weighted by Gasteiger charge is -2.19. The van der Waals surface area contributed by atoms with E-state index in [4.69, 9.17) is 4.74 Å². The van der Waals surface area contributed by atoms with Gasteiger partial charge in [0.1, 0.15) is 11.4 Å². The van der Waals surface area contributed by atoms with Crippen LogP contribution in [0, 0.1) is 0 Å². The van der Waals surface area contributed by atoms with Gasteiger partial charge in [-0.1, -0.05) is 61.6 Å². The molecule has 0 saturated heterocycles. The number of carbonyl (C=O) groups excluding carboxylic acids is 2. The molecule has 5 rings (SSSR count). The van der Waals surface area contributed by atoms with Crippen LogP contribution in [-0.4, -0.2) is 23.9 Å². The van der Waals surface area contributed by atoms with Crippen LogP contribution in [0.5, 0.6) is 5.75 Å². The molecule has 1 N–H and O–H groups in total. The number of aromatic amines is 1. The fraction of sp³-hybridized carbons (Fsp3) is 0.120. The number of allylic oxidation sites excluding steroid dienone is 4. The number of para-hydroxylation sites is 1. The van der Waals surface area contributed by atoms with Crippen LogP contribution in [0.4, 0.5) is 5.69 Å². The Hall–Kier alpha value is -3.86. The molecule has 30 heavy (non-hydrogen) atoms. The van der Waals surface area contributed by atoms with Gasteiger partial charge in [0.25, 0.3) is 12.4 Å². The van der Waals surface area contributed by atoms with Crippen molar-refractivity contribution < 1.29 is 14.3 Å². The molecule has 148 valence electrons. The van der Waals surface area contributed by atoms with Crippen molar-refractivity contribution >= 4 is 41.1 Å². The van der Waals surface area contributed by atoms with E-state index in [0.717, 1.165) is 33.3 Å². The number of fused-ring (bicyclic) bond motifs is 4. The van der Waals surface area contributed by atoms with E-state index in [2.05, 4.69) is 11.9 Å². The fourth-order valence-electron chi connectivity index (χ4n) is 4.36. The monoisotopic (exact) mass is 396 g/mol. The molecule has 1 atom stereocenters. The highest BCUT2D eigenvalue weighted by Crippen LogP contribution is 2.45. The number of nitrogens with one attached hydrogen (secondary N) is 1. The molecule has 2 heterocycles. The van der Waals surface area contributed by atoms with Crippen LogP contribution < -0.4 is 9.64 Å². The van der Waals surface area contributed by atoms with Crippen LogP contribution in [0.15, 0.2) is 60.7 Å². The molecule has 1 aliphatic heterocycles. The largest absolute Gasteiger partial charge is 0.428 e. The zero-order valence-corrected chi connectivity index (χ0v) is 16.5. The Labute approximate surface area is 174 Å². The Balaban J connectivity index is 1.65. The Morgan fingerprint density at radius 3 is 2.63 bits per heavy atom. The van der Waals surface area contributed by atoms with Crippen LogP contribution in [0.2, 0.25) is 0 Å². The smallest absolute Gasteiger partial charge is 0.298 e. The minimum atomic E-state index is -0.0981. The fourth-order valence-corrected chi connectivity index (χ4v) is 4.36. The summed E-state index contributed by atoms with van der Waals surface area (Å²) in [6.07, 6.45) is 11.7. The number of ether oxygens (including phenoxy) is 1. The summed E-state index contributed by atoms with van der Waals surface area (Å²) in [4.78, 5) is 29.6. The SMILES string of the molecule is CC1CN(C(=O)c2cc3ccccc3[nH]2)c2cc(OC=O)c3c(c21)C=CC=CC=C3. The van der Waals surface area contributed by atoms with Gasteiger partial charge in [-0.25, -0.2) is 0 Å². The number of benzene rings is 2. The highest BCUT2D eigenvalue weighted by molar-refractivity contribution is 6.09. The molecule has 1 aliphatic carbocycles. The van der Waals surface area contributed by atoms with Gasteiger partial charge in [0.15, 0.2) is 0 Å². The van der Waals surface area contributed by atoms with Crippen molar-refractivity contribution in [2.24, 2.45) is 0 Å². The first kappa shape index (κ1) is 18.2. The van der Waals surface area contributed by atoms with Crippen LogP contribution >= 0.6 is 0 Å². The Morgan fingerprint density at radius 1 is 1.10 bits per heavy atom. The zero-order chi connectivity index (χ0) is 20.7. The second-order valence-electron chi connectivity index (χ2n) is 7.54. The van der Waals surface area contributed by atoms with Crippen molar-refractivity contribution in [2.45, 2.75) is 12.8 Å². The third-order valence-electron chi connectivity index (χ3n) is 5.67. The summed E-state index contributed by atoms with van der Waals surface area (Å²) in [5.41, 5.74) is 5.15. The van der Waals surface area contributed by atoms with Gasteiger partial charge in [0.2, 0.25) is 0 Å². The van der Waals surface area contributed by atoms with Gasteiger partial charge < -0.3 is 14.6 Å². The van der Waals surface area contributed by atoms with Crippen molar-refractivity contribution in [3.8, 4) is 5.75 Å². The molecule has 1 unspecified atom stereocenters. The molecule has 1 amide bonds. The molecule has 2 aliphatic rings. The van der Waals surface area contributed by atoms with Gasteiger partial charge >= 0.3 is 0 Å². The van der Waals surface area contributed by atoms with Crippen LogP contribution in [0.1, 0.15) is 40.0 Å². The summed E-state index contributed by atoms with van der Waals surface area (Å²) in [5, 5.41) is 0.997. The van der Waals surface area contributed by atoms with Crippen molar-refractivity contribution in [1.82, 2.24) is 4.98 Å². The first-order valence-corrected chi connectivity index (χ1v) is 9.89. The molecule has 0 spiro atoms. The van der Waals surface area contributed by atoms with E-state index in [1.807, 2.05) is 66.8 Å². The van der Waals surface area contributed by atoms with Crippen LogP contribution in [-0.2, 0) is 4.79 Å². The average Bonchev–Trinajstić information content (AvgIpc) is 3.29. The first-order valence-electron chi connectivity index (χ1n) is 9.89. The molecular formula is C25H20N2O3. The third kappa shape index (κ3) is 2.87. The van der Waals surface area contributed by atoms with E-state index in [0.29, 0.717) is 24.5 Å². The first-order chi connectivity index (χ1) is 14.7. The van der Waals surface area contributed by atoms with Gasteiger partial charge in [0.05, 0.1) is 5.69 Å². The van der Waals surface area contributed by atoms with E-state index in [-0.39, 0.29) is 11.8 Å². The Kier molecular flexibility index (Phi) is 4.36. The normalized spacial score (nSPS) is 16.8. The number of rotatable bonds is 3. The summed E-state index contributed by atoms with van der Waals surface area (Å²) in [5.74, 6) is 0.492. The molecular weight excluding hydrogens is 376 g/mol. The summed E-state index contributed by atoms with van der Waals surface area (Å²) < 4.78 is 5.31. The second-order valence-corrected chi connectivity index (χ2v) is 7.54. The van der Waals surface area contributed by atoms with Gasteiger partial charge in [-0.3, -0.25) is 9.59 Å². The number of H-pyrrole nitrogens is 1. The summed E-state index contributed by atoms with van der Waals surface area (Å²) in [6, 6.07) is 11.5. The summed E-state index contributed by atoms with van der Waals surface area (Å²) in [7, 11) is 0. The van der Waals surface area contributed by atoms with Crippen molar-refractivity contribution in [1.29, 1.82) is 0 Å². The predicted molar refractivity (Wildman–Crippen MR) is 119 cm³/mol. The maximum atomic E-state index is 13.4. The summed E-state index contributed by atoms with van der Waals surface area (Å²) in [6.45, 7) is 3.11. The third-order valence-corrected chi connectivity index (χ3v) is 5.67. The average molecular weight is 396 g/mol. The lowest BCUT2D eigenvalue weighted by molar-refractivity contribution is -0.120. The molecule has 0 radical (unpaired) electrons. The maximum Gasteiger partial charge on any atom is 0.298 e. The van der Waals surface area contributed by atoms with Crippen LogP contribution in [0.3, 0.4) is 0 Å². The number of anilines is 1. The number of hydrogen-bond acceptors (Lipinski definition) is 3. The lowest BCUT2D eigenvalue weighted by Crippen LogP contribution is -2.29. The van der Waals surface area contributed by atoms with E-state index >= 15 is 0 Å². The summed E-state index contributed by atoms with van der Waals surface area (Å²) >= 11 is 0. The Morgan fingerprint density at radius 2 is 1.87 bits per heavy atom. The zero-order valence-electron chi connectivity index (χ0n) is 16.5. The maximum absolute atomic E-state index is 13.4. The number of hydrogen-bond donors (Lipinski definition) is 1. The minimum absolute atomic E-state index is 0.0981. The molecule has 2 aromatic carbocycles. The lowest BCUT2D eigenvalue weighted by atomic mass is 9.91. The van der Waals surface area contributed by atoms with Gasteiger partial charge in [0, 0.05) is 35.0 Å². The van der Waals surface area contributed by atoms with Crippen molar-refractivity contribution in [3.63, 3.8) is 0 Å². The Bertz CT molecular complexity index is 1230. The molecule has 3 aromatic rings. The predicted octanol–water partition coefficient (Wildman–Crippen LogP) is 5.06. The van der Waals surface area contributed by atoms with Crippen molar-refractivity contribution in [3.05, 3.63) is 83.1 Å². The number of aromatic nitrogens is 1. The topological polar surface area (TPSA) is 62.4 Å². The van der Waals surface area contributed by atoms with Crippen LogP contribution in [0.25, 0.3) is 23.1 Å². The molecule has 0 fully saturated rings. The number of carbonyl (C=O) groups is 2. The van der Waals surface area contributed by atoms with Gasteiger partial charge in [-0.05, 0) is 23.3 Å². The molecule has 0 bridgehead atoms. The highest BCUT2D eigenvalue weighted by Gasteiger charge is 2.34. The molecule has 5 heteroatoms. The molecule has 0 saturated carbocycles. The molecule has 1 aromatic heterocycles. The highest BCUT2D eigenvalue weighted by atomic mass is 16.5. The second kappa shape index (κ2) is 7.19. The van der Waals surface area contributed by atoms with Gasteiger partial charge in [-0.15, -0.1) is 0 Å². The number of nitrogens with zero attached hydrogens (tertiary/aromatic N) is 1. The standard InChI is InChI=1S/C25H20N2O3/c1-16-14-27(25(29)21-12-17-8-6-7-11-20(17)26-21)22-13-23(30-15-28)18-9-4-2-3-5-10-19(18)24(16)22/h2-13,15-16,26H,14H2,1H3.